The molecule has 0 bridgehead atoms. The third-order valence-corrected chi connectivity index (χ3v) is 6.79. The fourth-order valence-electron chi connectivity index (χ4n) is 3.61. The van der Waals surface area contributed by atoms with Crippen molar-refractivity contribution in [1.29, 1.82) is 0 Å². The zero-order chi connectivity index (χ0) is 20.5. The van der Waals surface area contributed by atoms with Crippen LogP contribution >= 0.6 is 22.9 Å². The number of hydrogen-bond donors (Lipinski definition) is 2. The maximum Gasteiger partial charge on any atom is 0.191 e. The van der Waals surface area contributed by atoms with Gasteiger partial charge in [0.15, 0.2) is 5.96 Å². The number of nitrogens with one attached hydrogen (secondary N) is 2. The van der Waals surface area contributed by atoms with Crippen LogP contribution in [0.25, 0.3) is 0 Å². The molecule has 3 rings (SSSR count). The molecule has 1 aromatic carbocycles. The first-order valence-electron chi connectivity index (χ1n) is 10.4. The highest BCUT2D eigenvalue weighted by atomic mass is 35.5. The second-order valence-electron chi connectivity index (χ2n) is 7.35. The molecular weight excluding hydrogens is 404 g/mol. The molecule has 0 aliphatic carbocycles. The smallest absolute Gasteiger partial charge is 0.191 e. The van der Waals surface area contributed by atoms with E-state index in [0.717, 1.165) is 63.0 Å². The highest BCUT2D eigenvalue weighted by Gasteiger charge is 2.34. The standard InChI is InChI=1S/C22H31ClN4OS/c1-3-19-15-26-20(29-19)8-11-25-21(24-4-2)27-16-22(9-12-28-13-10-22)17-6-5-7-18(23)14-17/h5-7,14-15H,3-4,8-13,16H2,1-2H3,(H2,24,25,27). The number of aliphatic imine (C=N–C) groups is 1. The lowest BCUT2D eigenvalue weighted by Crippen LogP contribution is -2.41. The maximum absolute atomic E-state index is 6.28. The Morgan fingerprint density at radius 3 is 2.79 bits per heavy atom. The van der Waals surface area contributed by atoms with Gasteiger partial charge in [0.1, 0.15) is 0 Å². The molecule has 5 nitrogen and oxygen atoms in total. The van der Waals surface area contributed by atoms with Crippen molar-refractivity contribution in [3.63, 3.8) is 0 Å². The van der Waals surface area contributed by atoms with Gasteiger partial charge in [-0.15, -0.1) is 11.3 Å². The van der Waals surface area contributed by atoms with E-state index in [1.54, 1.807) is 11.3 Å². The molecule has 0 radical (unpaired) electrons. The van der Waals surface area contributed by atoms with E-state index in [9.17, 15) is 0 Å². The van der Waals surface area contributed by atoms with Crippen LogP contribution in [0.2, 0.25) is 5.02 Å². The van der Waals surface area contributed by atoms with E-state index in [-0.39, 0.29) is 5.41 Å². The predicted molar refractivity (Wildman–Crippen MR) is 122 cm³/mol. The van der Waals surface area contributed by atoms with Crippen molar-refractivity contribution >= 4 is 28.9 Å². The van der Waals surface area contributed by atoms with E-state index in [1.165, 1.54) is 15.4 Å². The quantitative estimate of drug-likeness (QED) is 0.482. The first-order valence-corrected chi connectivity index (χ1v) is 11.6. The highest BCUT2D eigenvalue weighted by Crippen LogP contribution is 2.36. The van der Waals surface area contributed by atoms with Gasteiger partial charge in [-0.2, -0.15) is 0 Å². The molecule has 158 valence electrons. The molecule has 1 aromatic heterocycles. The largest absolute Gasteiger partial charge is 0.381 e. The summed E-state index contributed by atoms with van der Waals surface area (Å²) in [5.41, 5.74) is 1.22. The Hall–Kier alpha value is -1.63. The van der Waals surface area contributed by atoms with Gasteiger partial charge in [0, 0.05) is 54.2 Å². The van der Waals surface area contributed by atoms with Crippen molar-refractivity contribution in [2.24, 2.45) is 4.99 Å². The predicted octanol–water partition coefficient (Wildman–Crippen LogP) is 4.20. The first kappa shape index (κ1) is 22.1. The summed E-state index contributed by atoms with van der Waals surface area (Å²) in [5.74, 6) is 0.854. The second kappa shape index (κ2) is 11.0. The van der Waals surface area contributed by atoms with Gasteiger partial charge in [-0.25, -0.2) is 4.98 Å². The number of thiazole rings is 1. The highest BCUT2D eigenvalue weighted by molar-refractivity contribution is 7.11. The van der Waals surface area contributed by atoms with Crippen LogP contribution in [0.3, 0.4) is 0 Å². The molecule has 1 aliphatic heterocycles. The van der Waals surface area contributed by atoms with Crippen molar-refractivity contribution in [3.8, 4) is 0 Å². The van der Waals surface area contributed by atoms with E-state index in [0.29, 0.717) is 6.54 Å². The Kier molecular flexibility index (Phi) is 8.33. The molecule has 29 heavy (non-hydrogen) atoms. The zero-order valence-electron chi connectivity index (χ0n) is 17.3. The minimum Gasteiger partial charge on any atom is -0.381 e. The fourth-order valence-corrected chi connectivity index (χ4v) is 4.66. The Morgan fingerprint density at radius 1 is 1.28 bits per heavy atom. The van der Waals surface area contributed by atoms with Gasteiger partial charge in [0.2, 0.25) is 0 Å². The molecular formula is C22H31ClN4OS. The van der Waals surface area contributed by atoms with E-state index in [1.807, 2.05) is 18.3 Å². The molecule has 2 N–H and O–H groups in total. The third kappa shape index (κ3) is 6.17. The lowest BCUT2D eigenvalue weighted by Gasteiger charge is -2.36. The molecule has 2 heterocycles. The minimum atomic E-state index is -0.0309. The van der Waals surface area contributed by atoms with Gasteiger partial charge >= 0.3 is 0 Å². The van der Waals surface area contributed by atoms with Gasteiger partial charge in [-0.3, -0.25) is 4.99 Å². The molecule has 7 heteroatoms. The van der Waals surface area contributed by atoms with Crippen molar-refractivity contribution < 1.29 is 4.74 Å². The molecule has 0 spiro atoms. The monoisotopic (exact) mass is 434 g/mol. The Balaban J connectivity index is 1.67. The van der Waals surface area contributed by atoms with Crippen molar-refractivity contribution in [3.05, 3.63) is 50.9 Å². The number of nitrogens with zero attached hydrogens (tertiary/aromatic N) is 2. The minimum absolute atomic E-state index is 0.0309. The molecule has 0 amide bonds. The summed E-state index contributed by atoms with van der Waals surface area (Å²) in [4.78, 5) is 10.8. The third-order valence-electron chi connectivity index (χ3n) is 5.35. The average Bonchev–Trinajstić information content (AvgIpc) is 3.21. The molecule has 1 saturated heterocycles. The molecule has 0 saturated carbocycles. The number of ether oxygens (including phenoxy) is 1. The van der Waals surface area contributed by atoms with Crippen molar-refractivity contribution in [1.82, 2.24) is 15.6 Å². The summed E-state index contributed by atoms with van der Waals surface area (Å²) in [7, 11) is 0. The van der Waals surface area contributed by atoms with Crippen LogP contribution < -0.4 is 10.6 Å². The van der Waals surface area contributed by atoms with Crippen LogP contribution in [0, 0.1) is 0 Å². The van der Waals surface area contributed by atoms with Gasteiger partial charge in [0.05, 0.1) is 11.6 Å². The topological polar surface area (TPSA) is 58.5 Å². The number of halogens is 1. The summed E-state index contributed by atoms with van der Waals surface area (Å²) in [6.07, 6.45) is 5.84. The number of aryl methyl sites for hydroxylation is 1. The number of rotatable bonds is 8. The van der Waals surface area contributed by atoms with Gasteiger partial charge in [-0.05, 0) is 43.9 Å². The summed E-state index contributed by atoms with van der Waals surface area (Å²) >= 11 is 8.07. The van der Waals surface area contributed by atoms with Gasteiger partial charge in [-0.1, -0.05) is 30.7 Å². The number of benzene rings is 1. The Morgan fingerprint density at radius 2 is 2.10 bits per heavy atom. The van der Waals surface area contributed by atoms with Crippen LogP contribution in [0.4, 0.5) is 0 Å². The Labute approximate surface area is 182 Å². The van der Waals surface area contributed by atoms with E-state index >= 15 is 0 Å². The average molecular weight is 435 g/mol. The molecule has 1 aliphatic rings. The lowest BCUT2D eigenvalue weighted by molar-refractivity contribution is 0.0531. The van der Waals surface area contributed by atoms with Crippen LogP contribution in [0.1, 0.15) is 42.1 Å². The van der Waals surface area contributed by atoms with E-state index < -0.39 is 0 Å². The van der Waals surface area contributed by atoms with Crippen molar-refractivity contribution in [2.45, 2.75) is 44.9 Å². The lowest BCUT2D eigenvalue weighted by atomic mass is 9.74. The number of hydrogen-bond acceptors (Lipinski definition) is 4. The Bertz CT molecular complexity index is 802. The van der Waals surface area contributed by atoms with Crippen LogP contribution in [-0.4, -0.2) is 43.8 Å². The fraction of sp³-hybridized carbons (Fsp3) is 0.545. The van der Waals surface area contributed by atoms with Gasteiger partial charge < -0.3 is 15.4 Å². The molecule has 2 aromatic rings. The summed E-state index contributed by atoms with van der Waals surface area (Å²) < 4.78 is 5.64. The van der Waals surface area contributed by atoms with Gasteiger partial charge in [0.25, 0.3) is 0 Å². The van der Waals surface area contributed by atoms with Crippen LogP contribution in [0.5, 0.6) is 0 Å². The summed E-state index contributed by atoms with van der Waals surface area (Å²) in [6.45, 7) is 8.13. The van der Waals surface area contributed by atoms with E-state index in [4.69, 9.17) is 21.3 Å². The number of aromatic nitrogens is 1. The zero-order valence-corrected chi connectivity index (χ0v) is 18.9. The molecule has 1 fully saturated rings. The second-order valence-corrected chi connectivity index (χ2v) is 8.99. The van der Waals surface area contributed by atoms with Crippen molar-refractivity contribution in [2.75, 3.05) is 32.8 Å². The SMILES string of the molecule is CCNC(=NCC1(c2cccc(Cl)c2)CCOCC1)NCCc1ncc(CC)s1. The normalized spacial score (nSPS) is 16.6. The maximum atomic E-state index is 6.28. The molecule has 0 unspecified atom stereocenters. The molecule has 0 atom stereocenters. The first-order chi connectivity index (χ1) is 14.1. The van der Waals surface area contributed by atoms with Crippen LogP contribution in [0.15, 0.2) is 35.5 Å². The summed E-state index contributed by atoms with van der Waals surface area (Å²) in [6, 6.07) is 8.20. The summed E-state index contributed by atoms with van der Waals surface area (Å²) in [5, 5.41) is 8.78. The number of guanidine groups is 1. The van der Waals surface area contributed by atoms with E-state index in [2.05, 4.69) is 41.6 Å². The van der Waals surface area contributed by atoms with Crippen LogP contribution in [-0.2, 0) is 23.0 Å².